The number of imidazole rings is 1. The maximum absolute atomic E-state index is 12.5. The molecule has 1 aliphatic heterocycles. The standard InChI is InChI=1S/C23H29N5O6S/c1-13(2)20-21-26-17-9-16(22(29)32-4)19(35(6,30)31)10-18(17)27(21)7-8-28(20)23-24-11-15(12-34-33-5)14(3)25-23/h9-11,13,20H,7-8,12H2,1-6H3/t20-/m1/s1. The minimum atomic E-state index is -3.68. The first-order chi connectivity index (χ1) is 16.6. The van der Waals surface area contributed by atoms with Crippen LogP contribution in [0, 0.1) is 12.8 Å². The van der Waals surface area contributed by atoms with Crippen LogP contribution in [0.5, 0.6) is 0 Å². The Kier molecular flexibility index (Phi) is 6.80. The summed E-state index contributed by atoms with van der Waals surface area (Å²) in [6.45, 7) is 7.46. The zero-order chi connectivity index (χ0) is 25.5. The predicted molar refractivity (Wildman–Crippen MR) is 128 cm³/mol. The second-order valence-corrected chi connectivity index (χ2v) is 10.8. The first-order valence-corrected chi connectivity index (χ1v) is 13.0. The van der Waals surface area contributed by atoms with Gasteiger partial charge in [-0.3, -0.25) is 0 Å². The van der Waals surface area contributed by atoms with Crippen molar-refractivity contribution >= 4 is 32.8 Å². The number of methoxy groups -OCH3 is 1. The van der Waals surface area contributed by atoms with Gasteiger partial charge in [0.1, 0.15) is 12.4 Å². The number of carbonyl (C=O) groups excluding carboxylic acids is 1. The van der Waals surface area contributed by atoms with E-state index in [-0.39, 0.29) is 29.0 Å². The van der Waals surface area contributed by atoms with Crippen LogP contribution in [0.1, 0.15) is 47.3 Å². The van der Waals surface area contributed by atoms with Crippen molar-refractivity contribution in [3.8, 4) is 0 Å². The molecular formula is C23H29N5O6S. The molecule has 188 valence electrons. The monoisotopic (exact) mass is 503 g/mol. The molecular weight excluding hydrogens is 474 g/mol. The van der Waals surface area contributed by atoms with E-state index in [1.54, 1.807) is 6.20 Å². The Bertz CT molecular complexity index is 1380. The molecule has 0 N–H and O–H groups in total. The maximum atomic E-state index is 12.5. The Morgan fingerprint density at radius 2 is 1.94 bits per heavy atom. The lowest BCUT2D eigenvalue weighted by molar-refractivity contribution is -0.282. The van der Waals surface area contributed by atoms with Crippen molar-refractivity contribution in [3.63, 3.8) is 0 Å². The van der Waals surface area contributed by atoms with Gasteiger partial charge in [0.2, 0.25) is 5.95 Å². The van der Waals surface area contributed by atoms with E-state index in [4.69, 9.17) is 19.6 Å². The molecule has 1 aromatic carbocycles. The molecule has 0 aliphatic carbocycles. The summed E-state index contributed by atoms with van der Waals surface area (Å²) in [4.78, 5) is 38.2. The van der Waals surface area contributed by atoms with Crippen LogP contribution in [0.4, 0.5) is 5.95 Å². The van der Waals surface area contributed by atoms with E-state index < -0.39 is 15.8 Å². The van der Waals surface area contributed by atoms with Gasteiger partial charge in [0.15, 0.2) is 9.84 Å². The quantitative estimate of drug-likeness (QED) is 0.270. The van der Waals surface area contributed by atoms with E-state index in [0.717, 1.165) is 23.3 Å². The number of rotatable bonds is 7. The van der Waals surface area contributed by atoms with Crippen molar-refractivity contribution in [2.75, 3.05) is 31.9 Å². The largest absolute Gasteiger partial charge is 0.465 e. The van der Waals surface area contributed by atoms with Crippen molar-refractivity contribution in [2.45, 2.75) is 44.9 Å². The molecule has 2 aromatic heterocycles. The zero-order valence-electron chi connectivity index (χ0n) is 20.6. The van der Waals surface area contributed by atoms with E-state index in [0.29, 0.717) is 30.1 Å². The Balaban J connectivity index is 1.83. The lowest BCUT2D eigenvalue weighted by atomic mass is 10.00. The van der Waals surface area contributed by atoms with Crippen LogP contribution in [0.2, 0.25) is 0 Å². The summed E-state index contributed by atoms with van der Waals surface area (Å²) in [5, 5.41) is 0. The van der Waals surface area contributed by atoms with E-state index >= 15 is 0 Å². The number of esters is 1. The number of nitrogens with zero attached hydrogens (tertiary/aromatic N) is 5. The molecule has 0 bridgehead atoms. The van der Waals surface area contributed by atoms with Crippen LogP contribution in [0.15, 0.2) is 23.2 Å². The number of hydrogen-bond donors (Lipinski definition) is 0. The van der Waals surface area contributed by atoms with Gasteiger partial charge in [-0.25, -0.2) is 37.9 Å². The molecule has 0 saturated carbocycles. The highest BCUT2D eigenvalue weighted by Crippen LogP contribution is 2.37. The molecule has 0 saturated heterocycles. The first-order valence-electron chi connectivity index (χ1n) is 11.1. The number of hydrogen-bond acceptors (Lipinski definition) is 10. The van der Waals surface area contributed by atoms with Crippen molar-refractivity contribution in [3.05, 3.63) is 41.0 Å². The maximum Gasteiger partial charge on any atom is 0.339 e. The summed E-state index contributed by atoms with van der Waals surface area (Å²) in [5.41, 5.74) is 2.77. The Labute approximate surface area is 203 Å². The summed E-state index contributed by atoms with van der Waals surface area (Å²) >= 11 is 0. The number of benzene rings is 1. The van der Waals surface area contributed by atoms with Crippen LogP contribution >= 0.6 is 0 Å². The Morgan fingerprint density at radius 3 is 2.54 bits per heavy atom. The number of aromatic nitrogens is 4. The topological polar surface area (TPSA) is 126 Å². The van der Waals surface area contributed by atoms with Gasteiger partial charge in [0.25, 0.3) is 0 Å². The van der Waals surface area contributed by atoms with Crippen molar-refractivity contribution in [2.24, 2.45) is 5.92 Å². The van der Waals surface area contributed by atoms with Gasteiger partial charge in [-0.1, -0.05) is 13.8 Å². The number of fused-ring (bicyclic) bond motifs is 3. The molecule has 4 rings (SSSR count). The van der Waals surface area contributed by atoms with E-state index in [9.17, 15) is 13.2 Å². The number of ether oxygens (including phenoxy) is 1. The van der Waals surface area contributed by atoms with Crippen LogP contribution in [-0.2, 0) is 37.5 Å². The van der Waals surface area contributed by atoms with E-state index in [1.165, 1.54) is 26.4 Å². The number of sulfone groups is 1. The molecule has 0 fully saturated rings. The highest BCUT2D eigenvalue weighted by Gasteiger charge is 2.35. The summed E-state index contributed by atoms with van der Waals surface area (Å²) in [6.07, 6.45) is 2.81. The molecule has 0 unspecified atom stereocenters. The van der Waals surface area contributed by atoms with Gasteiger partial charge in [-0.15, -0.1) is 0 Å². The zero-order valence-corrected chi connectivity index (χ0v) is 21.4. The molecule has 3 aromatic rings. The van der Waals surface area contributed by atoms with Crippen LogP contribution < -0.4 is 4.90 Å². The van der Waals surface area contributed by atoms with Crippen LogP contribution in [-0.4, -0.2) is 60.9 Å². The van der Waals surface area contributed by atoms with Crippen LogP contribution in [0.25, 0.3) is 11.0 Å². The summed E-state index contributed by atoms with van der Waals surface area (Å²) in [5.74, 6) is 0.756. The highest BCUT2D eigenvalue weighted by atomic mass is 32.2. The normalized spacial score (nSPS) is 16.1. The van der Waals surface area contributed by atoms with Gasteiger partial charge < -0.3 is 14.2 Å². The van der Waals surface area contributed by atoms with Gasteiger partial charge >= 0.3 is 5.97 Å². The lowest BCUT2D eigenvalue weighted by Crippen LogP contribution is -2.42. The molecule has 1 aliphatic rings. The van der Waals surface area contributed by atoms with Crippen molar-refractivity contribution < 1.29 is 27.7 Å². The van der Waals surface area contributed by atoms with Gasteiger partial charge in [-0.05, 0) is 25.0 Å². The average molecular weight is 504 g/mol. The Hall–Kier alpha value is -3.09. The fourth-order valence-corrected chi connectivity index (χ4v) is 5.33. The SMILES string of the molecule is COOCc1cnc(N2CCn3c(nc4cc(C(=O)OC)c(S(C)(=O)=O)cc43)[C@H]2C(C)C)nc1C. The fraction of sp³-hybridized carbons (Fsp3) is 0.478. The lowest BCUT2D eigenvalue weighted by Gasteiger charge is -2.38. The van der Waals surface area contributed by atoms with Crippen molar-refractivity contribution in [1.29, 1.82) is 0 Å². The third-order valence-corrected chi connectivity index (χ3v) is 7.27. The highest BCUT2D eigenvalue weighted by molar-refractivity contribution is 7.90. The number of carbonyl (C=O) groups is 1. The summed E-state index contributed by atoms with van der Waals surface area (Å²) in [6, 6.07) is 2.85. The predicted octanol–water partition coefficient (Wildman–Crippen LogP) is 2.62. The molecule has 3 heterocycles. The molecule has 35 heavy (non-hydrogen) atoms. The molecule has 11 nitrogen and oxygen atoms in total. The van der Waals surface area contributed by atoms with Gasteiger partial charge in [0.05, 0.1) is 41.8 Å². The number of aryl methyl sites for hydroxylation is 1. The van der Waals surface area contributed by atoms with Gasteiger partial charge in [0, 0.05) is 36.8 Å². The van der Waals surface area contributed by atoms with Crippen molar-refractivity contribution in [1.82, 2.24) is 19.5 Å². The minimum Gasteiger partial charge on any atom is -0.465 e. The second kappa shape index (κ2) is 9.51. The average Bonchev–Trinajstić information content (AvgIpc) is 3.18. The third-order valence-electron chi connectivity index (χ3n) is 6.14. The van der Waals surface area contributed by atoms with Crippen LogP contribution in [0.3, 0.4) is 0 Å². The Morgan fingerprint density at radius 1 is 1.20 bits per heavy atom. The van der Waals surface area contributed by atoms with E-state index in [1.807, 2.05) is 11.5 Å². The summed E-state index contributed by atoms with van der Waals surface area (Å²) < 4.78 is 31.8. The molecule has 0 amide bonds. The minimum absolute atomic E-state index is 0.0243. The second-order valence-electron chi connectivity index (χ2n) is 8.81. The van der Waals surface area contributed by atoms with E-state index in [2.05, 4.69) is 28.6 Å². The molecule has 12 heteroatoms. The first kappa shape index (κ1) is 25.0. The molecule has 0 radical (unpaired) electrons. The smallest absolute Gasteiger partial charge is 0.339 e. The fourth-order valence-electron chi connectivity index (χ4n) is 4.46. The summed E-state index contributed by atoms with van der Waals surface area (Å²) in [7, 11) is -1.01. The molecule has 0 spiro atoms. The molecule has 1 atom stereocenters. The number of anilines is 1. The van der Waals surface area contributed by atoms with Gasteiger partial charge in [-0.2, -0.15) is 0 Å². The third kappa shape index (κ3) is 4.60.